The number of aliphatic hydroxyl groups is 1. The van der Waals surface area contributed by atoms with Crippen LogP contribution in [0.4, 0.5) is 0 Å². The van der Waals surface area contributed by atoms with Gasteiger partial charge in [-0.05, 0) is 52.9 Å². The van der Waals surface area contributed by atoms with E-state index in [0.717, 1.165) is 56.3 Å². The molecule has 0 spiro atoms. The number of carbonyl (C=O) groups excluding carboxylic acids is 1. The molecule has 1 aliphatic carbocycles. The highest BCUT2D eigenvalue weighted by atomic mass is 16.3. The number of hydrogen-bond acceptors (Lipinski definition) is 3. The lowest BCUT2D eigenvalue weighted by Crippen LogP contribution is -2.45. The van der Waals surface area contributed by atoms with Crippen LogP contribution in [0.5, 0.6) is 0 Å². The summed E-state index contributed by atoms with van der Waals surface area (Å²) in [5, 5.41) is 15.0. The van der Waals surface area contributed by atoms with Crippen LogP contribution in [0, 0.1) is 5.92 Å². The second kappa shape index (κ2) is 7.10. The van der Waals surface area contributed by atoms with E-state index in [1.54, 1.807) is 6.20 Å². The summed E-state index contributed by atoms with van der Waals surface area (Å²) in [6.45, 7) is 9.23. The molecule has 1 aliphatic heterocycles. The summed E-state index contributed by atoms with van der Waals surface area (Å²) < 4.78 is 1.99. The molecular formula is C20H33N3O2. The maximum Gasteiger partial charge on any atom is 0.257 e. The van der Waals surface area contributed by atoms with Crippen LogP contribution >= 0.6 is 0 Å². The van der Waals surface area contributed by atoms with Crippen molar-refractivity contribution in [2.45, 2.75) is 90.3 Å². The smallest absolute Gasteiger partial charge is 0.257 e. The lowest BCUT2D eigenvalue weighted by Gasteiger charge is -2.37. The van der Waals surface area contributed by atoms with Gasteiger partial charge in [-0.2, -0.15) is 5.10 Å². The first kappa shape index (κ1) is 18.4. The molecule has 3 rings (SSSR count). The molecule has 0 unspecified atom stereocenters. The average Bonchev–Trinajstić information content (AvgIpc) is 3.20. The molecule has 1 amide bonds. The molecule has 1 N–H and O–H groups in total. The summed E-state index contributed by atoms with van der Waals surface area (Å²) >= 11 is 0. The zero-order valence-electron chi connectivity index (χ0n) is 16.2. The molecule has 140 valence electrons. The molecule has 1 saturated carbocycles. The first-order chi connectivity index (χ1) is 11.8. The van der Waals surface area contributed by atoms with Crippen molar-refractivity contribution in [2.24, 2.45) is 5.92 Å². The van der Waals surface area contributed by atoms with Gasteiger partial charge in [-0.3, -0.25) is 9.48 Å². The van der Waals surface area contributed by atoms with Gasteiger partial charge < -0.3 is 10.0 Å². The summed E-state index contributed by atoms with van der Waals surface area (Å²) in [4.78, 5) is 15.3. The van der Waals surface area contributed by atoms with Crippen molar-refractivity contribution in [3.8, 4) is 0 Å². The van der Waals surface area contributed by atoms with Gasteiger partial charge in [-0.1, -0.05) is 19.8 Å². The van der Waals surface area contributed by atoms with E-state index in [1.165, 1.54) is 6.42 Å². The minimum atomic E-state index is -0.255. The number of amides is 1. The van der Waals surface area contributed by atoms with E-state index < -0.39 is 0 Å². The highest BCUT2D eigenvalue weighted by molar-refractivity contribution is 5.95. The fraction of sp³-hybridized carbons (Fsp3) is 0.800. The van der Waals surface area contributed by atoms with Gasteiger partial charge in [0.05, 0.1) is 29.1 Å². The Morgan fingerprint density at radius 3 is 2.60 bits per heavy atom. The van der Waals surface area contributed by atoms with Gasteiger partial charge in [0.15, 0.2) is 0 Å². The number of rotatable bonds is 3. The molecule has 0 bridgehead atoms. The number of hydrogen-bond donors (Lipinski definition) is 1. The van der Waals surface area contributed by atoms with E-state index in [4.69, 9.17) is 0 Å². The molecule has 3 atom stereocenters. The fourth-order valence-electron chi connectivity index (χ4n) is 4.70. The third-order valence-corrected chi connectivity index (χ3v) is 5.91. The van der Waals surface area contributed by atoms with Gasteiger partial charge in [0.1, 0.15) is 0 Å². The predicted octanol–water partition coefficient (Wildman–Crippen LogP) is 3.36. The topological polar surface area (TPSA) is 58.4 Å². The number of nitrogens with zero attached hydrogens (tertiary/aromatic N) is 3. The Morgan fingerprint density at radius 1 is 1.24 bits per heavy atom. The number of likely N-dealkylation sites (tertiary alicyclic amines) is 1. The van der Waals surface area contributed by atoms with Crippen LogP contribution in [0.15, 0.2) is 6.20 Å². The van der Waals surface area contributed by atoms with Crippen LogP contribution in [0.3, 0.4) is 0 Å². The predicted molar refractivity (Wildman–Crippen MR) is 98.6 cm³/mol. The van der Waals surface area contributed by atoms with E-state index in [-0.39, 0.29) is 29.5 Å². The molecule has 0 radical (unpaired) electrons. The van der Waals surface area contributed by atoms with Crippen LogP contribution < -0.4 is 0 Å². The summed E-state index contributed by atoms with van der Waals surface area (Å²) in [7, 11) is 0. The van der Waals surface area contributed by atoms with Crippen LogP contribution in [0.1, 0.15) is 82.3 Å². The minimum absolute atomic E-state index is 0.104. The SMILES string of the molecule is CCc1c(C(=O)N2CCC[C@@H]2[C@H]2CCCC[C@@H]2O)cnn1C(C)(C)C. The van der Waals surface area contributed by atoms with Crippen molar-refractivity contribution in [3.05, 3.63) is 17.5 Å². The van der Waals surface area contributed by atoms with Crippen LogP contribution in [0.2, 0.25) is 0 Å². The van der Waals surface area contributed by atoms with E-state index >= 15 is 0 Å². The van der Waals surface area contributed by atoms with E-state index in [9.17, 15) is 9.90 Å². The normalized spacial score (nSPS) is 27.7. The van der Waals surface area contributed by atoms with Crippen LogP contribution in [-0.4, -0.2) is 44.4 Å². The lowest BCUT2D eigenvalue weighted by atomic mass is 9.80. The molecule has 1 saturated heterocycles. The standard InChI is InChI=1S/C20H33N3O2/c1-5-16-15(13-21-23(16)20(2,3)4)19(25)22-12-8-10-17(22)14-9-6-7-11-18(14)24/h13-14,17-18,24H,5-12H2,1-4H3/t14-,17-,18+/m1/s1. The number of carbonyl (C=O) groups is 1. The molecule has 2 heterocycles. The average molecular weight is 348 g/mol. The van der Waals surface area contributed by atoms with E-state index in [2.05, 4.69) is 32.8 Å². The Hall–Kier alpha value is -1.36. The van der Waals surface area contributed by atoms with E-state index in [0.29, 0.717) is 0 Å². The van der Waals surface area contributed by atoms with Gasteiger partial charge in [-0.25, -0.2) is 0 Å². The molecule has 5 nitrogen and oxygen atoms in total. The maximum atomic E-state index is 13.3. The largest absolute Gasteiger partial charge is 0.393 e. The lowest BCUT2D eigenvalue weighted by molar-refractivity contribution is 0.0211. The first-order valence-corrected chi connectivity index (χ1v) is 9.91. The van der Waals surface area contributed by atoms with Gasteiger partial charge >= 0.3 is 0 Å². The van der Waals surface area contributed by atoms with Crippen molar-refractivity contribution in [3.63, 3.8) is 0 Å². The summed E-state index contributed by atoms with van der Waals surface area (Å²) in [6, 6.07) is 0.186. The maximum absolute atomic E-state index is 13.3. The molecule has 25 heavy (non-hydrogen) atoms. The molecule has 1 aromatic heterocycles. The van der Waals surface area contributed by atoms with Crippen LogP contribution in [0.25, 0.3) is 0 Å². The van der Waals surface area contributed by atoms with Gasteiger partial charge in [-0.15, -0.1) is 0 Å². The summed E-state index contributed by atoms with van der Waals surface area (Å²) in [6.07, 6.45) is 8.54. The molecule has 0 aromatic carbocycles. The van der Waals surface area contributed by atoms with Crippen LogP contribution in [-0.2, 0) is 12.0 Å². The van der Waals surface area contributed by atoms with Crippen molar-refractivity contribution in [2.75, 3.05) is 6.54 Å². The van der Waals surface area contributed by atoms with Crippen molar-refractivity contribution >= 4 is 5.91 Å². The summed E-state index contributed by atoms with van der Waals surface area (Å²) in [5.74, 6) is 0.343. The van der Waals surface area contributed by atoms with Gasteiger partial charge in [0.25, 0.3) is 5.91 Å². The fourth-order valence-corrected chi connectivity index (χ4v) is 4.70. The molecule has 5 heteroatoms. The summed E-state index contributed by atoms with van der Waals surface area (Å²) in [5.41, 5.74) is 1.63. The Balaban J connectivity index is 1.86. The highest BCUT2D eigenvalue weighted by Crippen LogP contribution is 2.35. The van der Waals surface area contributed by atoms with E-state index in [1.807, 2.05) is 9.58 Å². The Morgan fingerprint density at radius 2 is 1.96 bits per heavy atom. The van der Waals surface area contributed by atoms with Gasteiger partial charge in [0.2, 0.25) is 0 Å². The molecule has 2 fully saturated rings. The van der Waals surface area contributed by atoms with Crippen molar-refractivity contribution in [1.82, 2.24) is 14.7 Å². The zero-order chi connectivity index (χ0) is 18.2. The molecule has 1 aromatic rings. The zero-order valence-corrected chi connectivity index (χ0v) is 16.2. The highest BCUT2D eigenvalue weighted by Gasteiger charge is 2.40. The minimum Gasteiger partial charge on any atom is -0.393 e. The Labute approximate surface area is 151 Å². The van der Waals surface area contributed by atoms with Crippen molar-refractivity contribution in [1.29, 1.82) is 0 Å². The second-order valence-electron chi connectivity index (χ2n) is 8.66. The molecular weight excluding hydrogens is 314 g/mol. The van der Waals surface area contributed by atoms with Gasteiger partial charge in [0, 0.05) is 18.5 Å². The second-order valence-corrected chi connectivity index (χ2v) is 8.66. The Kier molecular flexibility index (Phi) is 5.24. The van der Waals surface area contributed by atoms with Crippen molar-refractivity contribution < 1.29 is 9.90 Å². The first-order valence-electron chi connectivity index (χ1n) is 9.91. The third-order valence-electron chi connectivity index (χ3n) is 5.91. The Bertz CT molecular complexity index is 617. The quantitative estimate of drug-likeness (QED) is 0.912. The molecule has 2 aliphatic rings. The third kappa shape index (κ3) is 3.48. The number of aromatic nitrogens is 2. The number of aliphatic hydroxyl groups excluding tert-OH is 1. The monoisotopic (exact) mass is 347 g/mol.